The summed E-state index contributed by atoms with van der Waals surface area (Å²) in [6, 6.07) is 3.52. The molecule has 1 aliphatic carbocycles. The van der Waals surface area contributed by atoms with E-state index in [4.69, 9.17) is 0 Å². The van der Waals surface area contributed by atoms with E-state index in [0.29, 0.717) is 36.1 Å². The average molecular weight is 419 g/mol. The van der Waals surface area contributed by atoms with Crippen molar-refractivity contribution in [3.05, 3.63) is 65.8 Å². The average Bonchev–Trinajstić information content (AvgIpc) is 3.41. The molecule has 3 heterocycles. The minimum absolute atomic E-state index is 0.000966. The van der Waals surface area contributed by atoms with E-state index in [1.807, 2.05) is 38.3 Å². The summed E-state index contributed by atoms with van der Waals surface area (Å²) in [6.07, 6.45) is 8.88. The quantitative estimate of drug-likeness (QED) is 0.530. The first-order chi connectivity index (χ1) is 15.0. The molecule has 9 nitrogen and oxygen atoms in total. The molecule has 9 heteroatoms. The molecule has 0 bridgehead atoms. The minimum atomic E-state index is -0.358. The Morgan fingerprint density at radius 2 is 2.10 bits per heavy atom. The van der Waals surface area contributed by atoms with Gasteiger partial charge in [-0.1, -0.05) is 19.1 Å². The van der Waals surface area contributed by atoms with Crippen molar-refractivity contribution in [3.8, 4) is 0 Å². The van der Waals surface area contributed by atoms with E-state index < -0.39 is 0 Å². The Kier molecular flexibility index (Phi) is 5.66. The number of carbonyl (C=O) groups excluding carboxylic acids is 2. The van der Waals surface area contributed by atoms with Crippen LogP contribution < -0.4 is 10.6 Å². The van der Waals surface area contributed by atoms with Crippen LogP contribution in [0.25, 0.3) is 5.57 Å². The van der Waals surface area contributed by atoms with Gasteiger partial charge in [0.1, 0.15) is 0 Å². The van der Waals surface area contributed by atoms with Crippen LogP contribution in [0.4, 0.5) is 10.7 Å². The lowest BCUT2D eigenvalue weighted by Crippen LogP contribution is -2.28. The zero-order chi connectivity index (χ0) is 22.0. The number of nitrogens with zero attached hydrogens (tertiary/aromatic N) is 4. The van der Waals surface area contributed by atoms with E-state index in [9.17, 15) is 9.59 Å². The van der Waals surface area contributed by atoms with E-state index >= 15 is 0 Å². The third-order valence-corrected chi connectivity index (χ3v) is 5.47. The Labute approximate surface area is 180 Å². The number of Topliss-reactive ketones (excluding diaryl/α,β-unsaturated/α-hetero) is 1. The predicted molar refractivity (Wildman–Crippen MR) is 117 cm³/mol. The molecular formula is C22H25N7O2. The van der Waals surface area contributed by atoms with Crippen LogP contribution in [0.2, 0.25) is 0 Å². The van der Waals surface area contributed by atoms with Gasteiger partial charge in [-0.05, 0) is 25.5 Å². The van der Waals surface area contributed by atoms with E-state index in [2.05, 4.69) is 37.5 Å². The lowest BCUT2D eigenvalue weighted by molar-refractivity contribution is 0.104. The van der Waals surface area contributed by atoms with Crippen molar-refractivity contribution < 1.29 is 9.59 Å². The summed E-state index contributed by atoms with van der Waals surface area (Å²) in [5.74, 6) is 0.374. The molecule has 31 heavy (non-hydrogen) atoms. The van der Waals surface area contributed by atoms with Crippen LogP contribution in [-0.4, -0.2) is 42.9 Å². The largest absolute Gasteiger partial charge is 0.338 e. The van der Waals surface area contributed by atoms with Crippen LogP contribution in [0.5, 0.6) is 0 Å². The van der Waals surface area contributed by atoms with Crippen molar-refractivity contribution in [1.29, 1.82) is 0 Å². The maximum Gasteiger partial charge on any atom is 0.321 e. The van der Waals surface area contributed by atoms with Crippen LogP contribution in [0.15, 0.2) is 43.0 Å². The molecule has 2 amide bonds. The standard InChI is InChI=1S/C22H25N7O2/c1-4-24-22(31)28-21-26-17-13(3)15(14-7-6-8-23-12-14)11-16(18(17)27-21)19(30)20-25-9-10-29(20)5-2/h6-13,15H,4-5H2,1-3H3,(H3,24,26,27,28,31). The van der Waals surface area contributed by atoms with Crippen LogP contribution in [-0.2, 0) is 6.54 Å². The minimum Gasteiger partial charge on any atom is -0.338 e. The SMILES string of the molecule is CCNC(=O)Nc1nc2c([nH]1)C(C)C(c1cccnc1)C=C2C(=O)c1nccn1CC. The van der Waals surface area contributed by atoms with Gasteiger partial charge in [0, 0.05) is 55.4 Å². The summed E-state index contributed by atoms with van der Waals surface area (Å²) in [5.41, 5.74) is 2.79. The van der Waals surface area contributed by atoms with Gasteiger partial charge in [0.25, 0.3) is 0 Å². The van der Waals surface area contributed by atoms with E-state index in [1.54, 1.807) is 23.2 Å². The fraction of sp³-hybridized carbons (Fsp3) is 0.318. The molecule has 0 aliphatic heterocycles. The van der Waals surface area contributed by atoms with Gasteiger partial charge in [0.15, 0.2) is 5.82 Å². The Bertz CT molecular complexity index is 1130. The van der Waals surface area contributed by atoms with Crippen molar-refractivity contribution in [1.82, 2.24) is 29.8 Å². The maximum atomic E-state index is 13.5. The number of aryl methyl sites for hydroxylation is 1. The second kappa shape index (κ2) is 8.55. The van der Waals surface area contributed by atoms with Crippen LogP contribution in [0.1, 0.15) is 60.2 Å². The normalized spacial score (nSPS) is 17.6. The highest BCUT2D eigenvalue weighted by atomic mass is 16.2. The number of allylic oxidation sites excluding steroid dienone is 2. The first-order valence-corrected chi connectivity index (χ1v) is 10.4. The van der Waals surface area contributed by atoms with Crippen molar-refractivity contribution in [3.63, 3.8) is 0 Å². The van der Waals surface area contributed by atoms with Gasteiger partial charge in [-0.2, -0.15) is 0 Å². The Morgan fingerprint density at radius 3 is 2.81 bits per heavy atom. The molecule has 2 atom stereocenters. The van der Waals surface area contributed by atoms with Crippen molar-refractivity contribution in [2.24, 2.45) is 0 Å². The van der Waals surface area contributed by atoms with Gasteiger partial charge in [-0.15, -0.1) is 0 Å². The fourth-order valence-electron chi connectivity index (χ4n) is 3.91. The van der Waals surface area contributed by atoms with E-state index in [1.165, 1.54) is 0 Å². The second-order valence-corrected chi connectivity index (χ2v) is 7.38. The Hall–Kier alpha value is -3.75. The van der Waals surface area contributed by atoms with Crippen molar-refractivity contribution >= 4 is 23.3 Å². The number of ketones is 1. The number of imidazole rings is 2. The third kappa shape index (κ3) is 3.86. The highest BCUT2D eigenvalue weighted by Gasteiger charge is 2.35. The number of pyridine rings is 1. The van der Waals surface area contributed by atoms with Crippen molar-refractivity contribution in [2.45, 2.75) is 39.2 Å². The molecule has 2 unspecified atom stereocenters. The number of aromatic amines is 1. The molecule has 0 radical (unpaired) electrons. The van der Waals surface area contributed by atoms with Gasteiger partial charge < -0.3 is 14.9 Å². The molecule has 0 saturated heterocycles. The molecular weight excluding hydrogens is 394 g/mol. The number of hydrogen-bond donors (Lipinski definition) is 3. The lowest BCUT2D eigenvalue weighted by atomic mass is 9.78. The summed E-state index contributed by atoms with van der Waals surface area (Å²) in [7, 11) is 0. The molecule has 3 aromatic heterocycles. The maximum absolute atomic E-state index is 13.5. The fourth-order valence-corrected chi connectivity index (χ4v) is 3.91. The first-order valence-electron chi connectivity index (χ1n) is 10.4. The highest BCUT2D eigenvalue weighted by Crippen LogP contribution is 2.43. The Morgan fingerprint density at radius 1 is 1.26 bits per heavy atom. The number of fused-ring (bicyclic) bond motifs is 1. The zero-order valence-corrected chi connectivity index (χ0v) is 17.7. The monoisotopic (exact) mass is 419 g/mol. The summed E-state index contributed by atoms with van der Waals surface area (Å²) in [4.78, 5) is 41.8. The zero-order valence-electron chi connectivity index (χ0n) is 17.7. The first kappa shape index (κ1) is 20.5. The number of aromatic nitrogens is 5. The number of carbonyl (C=O) groups is 2. The van der Waals surface area contributed by atoms with Gasteiger partial charge in [-0.25, -0.2) is 14.8 Å². The lowest BCUT2D eigenvalue weighted by Gasteiger charge is -2.26. The van der Waals surface area contributed by atoms with Gasteiger partial charge in [0.2, 0.25) is 11.7 Å². The highest BCUT2D eigenvalue weighted by molar-refractivity contribution is 6.28. The van der Waals surface area contributed by atoms with Crippen LogP contribution >= 0.6 is 0 Å². The molecule has 0 aromatic carbocycles. The van der Waals surface area contributed by atoms with E-state index in [0.717, 1.165) is 11.3 Å². The molecule has 4 rings (SSSR count). The molecule has 3 aromatic rings. The summed E-state index contributed by atoms with van der Waals surface area (Å²) >= 11 is 0. The number of H-pyrrole nitrogens is 1. The number of urea groups is 1. The number of rotatable bonds is 6. The summed E-state index contributed by atoms with van der Waals surface area (Å²) in [6.45, 7) is 6.99. The van der Waals surface area contributed by atoms with Crippen LogP contribution in [0.3, 0.4) is 0 Å². The molecule has 0 spiro atoms. The molecule has 160 valence electrons. The van der Waals surface area contributed by atoms with E-state index in [-0.39, 0.29) is 23.7 Å². The molecule has 1 aliphatic rings. The van der Waals surface area contributed by atoms with Gasteiger partial charge in [-0.3, -0.25) is 15.1 Å². The Balaban J connectivity index is 1.79. The van der Waals surface area contributed by atoms with Crippen molar-refractivity contribution in [2.75, 3.05) is 11.9 Å². The van der Waals surface area contributed by atoms with Crippen LogP contribution in [0, 0.1) is 0 Å². The number of nitrogens with one attached hydrogen (secondary N) is 3. The van der Waals surface area contributed by atoms with Gasteiger partial charge in [0.05, 0.1) is 11.3 Å². The van der Waals surface area contributed by atoms with Gasteiger partial charge >= 0.3 is 6.03 Å². The summed E-state index contributed by atoms with van der Waals surface area (Å²) in [5, 5.41) is 5.38. The smallest absolute Gasteiger partial charge is 0.321 e. The molecule has 0 fully saturated rings. The molecule has 0 saturated carbocycles. The number of hydrogen-bond acceptors (Lipinski definition) is 5. The molecule has 3 N–H and O–H groups in total. The topological polar surface area (TPSA) is 118 Å². The second-order valence-electron chi connectivity index (χ2n) is 7.38. The predicted octanol–water partition coefficient (Wildman–Crippen LogP) is 3.33. The number of anilines is 1. The third-order valence-electron chi connectivity index (χ3n) is 5.47. The number of amides is 2. The summed E-state index contributed by atoms with van der Waals surface area (Å²) < 4.78 is 1.81.